The molecule has 12 heavy (non-hydrogen) atoms. The summed E-state index contributed by atoms with van der Waals surface area (Å²) >= 11 is 0. The molecule has 0 saturated heterocycles. The molecule has 0 amide bonds. The molecular formula is C7H15KN2O2. The third kappa shape index (κ3) is 13.6. The summed E-state index contributed by atoms with van der Waals surface area (Å²) in [6, 6.07) is 0. The summed E-state index contributed by atoms with van der Waals surface area (Å²) in [5.74, 6) is -0.999. The first-order valence-corrected chi connectivity index (χ1v) is 3.62. The molecule has 0 rings (SSSR count). The van der Waals surface area contributed by atoms with E-state index in [4.69, 9.17) is 0 Å². The van der Waals surface area contributed by atoms with Crippen LogP contribution in [-0.4, -0.2) is 38.2 Å². The molecule has 0 aliphatic heterocycles. The van der Waals surface area contributed by atoms with Gasteiger partial charge in [-0.05, 0) is 6.42 Å². The number of hydrogen-bond donors (Lipinski definition) is 0. The van der Waals surface area contributed by atoms with Gasteiger partial charge in [-0.25, -0.2) is 0 Å². The van der Waals surface area contributed by atoms with Crippen molar-refractivity contribution < 1.29 is 65.9 Å². The fourth-order valence-electron chi connectivity index (χ4n) is 0.594. The number of carbonyl (C=O) groups is 1. The molecule has 0 aromatic carbocycles. The SMILES string of the molecule is C[N+](C)(C)[N-]CCCC(=O)[O-].[K+]. The zero-order valence-corrected chi connectivity index (χ0v) is 11.5. The molecule has 66 valence electrons. The molecule has 0 N–H and O–H groups in total. The summed E-state index contributed by atoms with van der Waals surface area (Å²) < 4.78 is 0.521. The number of nitrogens with zero attached hydrogens (tertiary/aromatic N) is 2. The molecule has 0 heterocycles. The predicted molar refractivity (Wildman–Crippen MR) is 40.5 cm³/mol. The standard InChI is InChI=1S/C7H16N2O2.K/c1-9(2,3)8-6-4-5-7(10)11;/h4-6H2,1-3H3,(H,10,11);/q;+1/p-1. The molecule has 0 radical (unpaired) electrons. The van der Waals surface area contributed by atoms with Gasteiger partial charge in [0.1, 0.15) is 0 Å². The molecule has 0 aromatic rings. The fourth-order valence-corrected chi connectivity index (χ4v) is 0.594. The molecule has 0 unspecified atom stereocenters. The minimum atomic E-state index is -0.999. The van der Waals surface area contributed by atoms with E-state index in [0.29, 0.717) is 17.6 Å². The van der Waals surface area contributed by atoms with Crippen molar-refractivity contribution in [2.45, 2.75) is 12.8 Å². The predicted octanol–water partition coefficient (Wildman–Crippen LogP) is -3.48. The van der Waals surface area contributed by atoms with Crippen LogP contribution in [0.2, 0.25) is 0 Å². The van der Waals surface area contributed by atoms with E-state index in [0.717, 1.165) is 0 Å². The Morgan fingerprint density at radius 2 is 1.92 bits per heavy atom. The van der Waals surface area contributed by atoms with Gasteiger partial charge in [-0.2, -0.15) is 0 Å². The van der Waals surface area contributed by atoms with E-state index in [-0.39, 0.29) is 57.8 Å². The van der Waals surface area contributed by atoms with Crippen LogP contribution in [0.25, 0.3) is 5.43 Å². The van der Waals surface area contributed by atoms with Gasteiger partial charge < -0.3 is 19.9 Å². The van der Waals surface area contributed by atoms with Crippen LogP contribution < -0.4 is 56.5 Å². The molecule has 5 heteroatoms. The Morgan fingerprint density at radius 3 is 2.25 bits per heavy atom. The van der Waals surface area contributed by atoms with Crippen LogP contribution in [0.5, 0.6) is 0 Å². The zero-order valence-electron chi connectivity index (χ0n) is 8.33. The van der Waals surface area contributed by atoms with Crippen LogP contribution >= 0.6 is 0 Å². The second kappa shape index (κ2) is 7.43. The molecular weight excluding hydrogens is 183 g/mol. The quantitative estimate of drug-likeness (QED) is 0.199. The number of quaternary nitrogens is 1. The minimum Gasteiger partial charge on any atom is -0.550 e. The Labute approximate surface area is 116 Å². The third-order valence-electron chi connectivity index (χ3n) is 1.06. The van der Waals surface area contributed by atoms with Gasteiger partial charge in [0.05, 0.1) is 21.1 Å². The topological polar surface area (TPSA) is 54.2 Å². The third-order valence-corrected chi connectivity index (χ3v) is 1.06. The molecule has 0 atom stereocenters. The molecule has 0 aromatic heterocycles. The summed E-state index contributed by atoms with van der Waals surface area (Å²) in [6.07, 6.45) is 0.668. The van der Waals surface area contributed by atoms with Crippen molar-refractivity contribution in [1.29, 1.82) is 0 Å². The summed E-state index contributed by atoms with van der Waals surface area (Å²) in [6.45, 7) is 0.581. The molecule has 0 fully saturated rings. The van der Waals surface area contributed by atoms with Crippen molar-refractivity contribution in [3.05, 3.63) is 5.43 Å². The second-order valence-electron chi connectivity index (χ2n) is 3.28. The van der Waals surface area contributed by atoms with Crippen molar-refractivity contribution in [3.63, 3.8) is 0 Å². The Bertz CT molecular complexity index is 134. The number of aliphatic carboxylic acids is 1. The first-order valence-electron chi connectivity index (χ1n) is 3.62. The average molecular weight is 198 g/mol. The van der Waals surface area contributed by atoms with Gasteiger partial charge in [0.15, 0.2) is 0 Å². The number of carboxylic acids is 1. The Morgan fingerprint density at radius 1 is 1.42 bits per heavy atom. The van der Waals surface area contributed by atoms with Crippen molar-refractivity contribution in [3.8, 4) is 0 Å². The smallest absolute Gasteiger partial charge is 0.550 e. The normalized spacial score (nSPS) is 10.6. The number of carboxylic acid groups (broad SMARTS) is 1. The maximum Gasteiger partial charge on any atom is 1.00 e. The first kappa shape index (κ1) is 15.5. The van der Waals surface area contributed by atoms with Gasteiger partial charge >= 0.3 is 51.4 Å². The number of hydrogen-bond acceptors (Lipinski definition) is 2. The van der Waals surface area contributed by atoms with Gasteiger partial charge in [0.2, 0.25) is 0 Å². The van der Waals surface area contributed by atoms with Gasteiger partial charge in [-0.1, -0.05) is 6.42 Å². The van der Waals surface area contributed by atoms with E-state index in [9.17, 15) is 9.90 Å². The Hall–Kier alpha value is 1.03. The Kier molecular flexibility index (Phi) is 9.60. The van der Waals surface area contributed by atoms with Crippen molar-refractivity contribution in [2.24, 2.45) is 0 Å². The van der Waals surface area contributed by atoms with Crippen LogP contribution in [0, 0.1) is 0 Å². The van der Waals surface area contributed by atoms with Crippen LogP contribution in [0.1, 0.15) is 12.8 Å². The van der Waals surface area contributed by atoms with E-state index in [2.05, 4.69) is 5.43 Å². The molecule has 4 nitrogen and oxygen atoms in total. The summed E-state index contributed by atoms with van der Waals surface area (Å²) in [5.41, 5.74) is 4.17. The van der Waals surface area contributed by atoms with Gasteiger partial charge in [-0.15, -0.1) is 6.54 Å². The van der Waals surface area contributed by atoms with E-state index in [1.54, 1.807) is 0 Å². The van der Waals surface area contributed by atoms with Crippen LogP contribution in [0.4, 0.5) is 0 Å². The minimum absolute atomic E-state index is 0. The Balaban J connectivity index is 0. The van der Waals surface area contributed by atoms with E-state index < -0.39 is 5.97 Å². The average Bonchev–Trinajstić information content (AvgIpc) is 1.78. The first-order chi connectivity index (χ1) is 4.92. The summed E-state index contributed by atoms with van der Waals surface area (Å²) in [5, 5.41) is 9.97. The van der Waals surface area contributed by atoms with Gasteiger partial charge in [-0.3, -0.25) is 0 Å². The van der Waals surface area contributed by atoms with Gasteiger partial charge in [0.25, 0.3) is 0 Å². The van der Waals surface area contributed by atoms with Crippen LogP contribution in [0.15, 0.2) is 0 Å². The number of rotatable bonds is 5. The van der Waals surface area contributed by atoms with E-state index in [1.165, 1.54) is 0 Å². The molecule has 0 saturated carbocycles. The molecule has 0 aliphatic rings. The molecule has 0 aliphatic carbocycles. The van der Waals surface area contributed by atoms with Crippen molar-refractivity contribution >= 4 is 5.97 Å². The maximum absolute atomic E-state index is 9.97. The maximum atomic E-state index is 9.97. The molecule has 0 spiro atoms. The second-order valence-corrected chi connectivity index (χ2v) is 3.28. The van der Waals surface area contributed by atoms with Crippen molar-refractivity contribution in [1.82, 2.24) is 0 Å². The van der Waals surface area contributed by atoms with Crippen LogP contribution in [-0.2, 0) is 4.79 Å². The summed E-state index contributed by atoms with van der Waals surface area (Å²) in [4.78, 5) is 9.97. The van der Waals surface area contributed by atoms with Crippen molar-refractivity contribution in [2.75, 3.05) is 27.7 Å². The zero-order chi connectivity index (χ0) is 8.91. The monoisotopic (exact) mass is 198 g/mol. The van der Waals surface area contributed by atoms with Gasteiger partial charge in [0, 0.05) is 5.97 Å². The number of carbonyl (C=O) groups excluding carboxylic acids is 1. The molecule has 0 bridgehead atoms. The fraction of sp³-hybridized carbons (Fsp3) is 0.857. The summed E-state index contributed by atoms with van der Waals surface area (Å²) in [7, 11) is 5.79. The van der Waals surface area contributed by atoms with E-state index in [1.807, 2.05) is 21.1 Å². The van der Waals surface area contributed by atoms with E-state index >= 15 is 0 Å². The van der Waals surface area contributed by atoms with Crippen LogP contribution in [0.3, 0.4) is 0 Å². The largest absolute Gasteiger partial charge is 1.00 e.